The molecular formula is C10H16O2. The minimum absolute atomic E-state index is 0.226. The topological polar surface area (TPSA) is 37.3 Å². The molecule has 1 saturated carbocycles. The highest BCUT2D eigenvalue weighted by Crippen LogP contribution is 2.29. The second-order valence-corrected chi connectivity index (χ2v) is 3.51. The van der Waals surface area contributed by atoms with Gasteiger partial charge in [-0.1, -0.05) is 18.4 Å². The van der Waals surface area contributed by atoms with Gasteiger partial charge in [-0.2, -0.15) is 0 Å². The Labute approximate surface area is 73.3 Å². The van der Waals surface area contributed by atoms with E-state index in [4.69, 9.17) is 0 Å². The summed E-state index contributed by atoms with van der Waals surface area (Å²) >= 11 is 0. The largest absolute Gasteiger partial charge is 0.393 e. The average Bonchev–Trinajstić information content (AvgIpc) is 2.05. The zero-order chi connectivity index (χ0) is 8.97. The Morgan fingerprint density at radius 3 is 2.67 bits per heavy atom. The molecule has 0 aromatic rings. The lowest BCUT2D eigenvalue weighted by molar-refractivity contribution is -0.104. The van der Waals surface area contributed by atoms with Crippen LogP contribution in [0.4, 0.5) is 0 Å². The molecule has 1 aliphatic rings. The lowest BCUT2D eigenvalue weighted by atomic mass is 9.82. The van der Waals surface area contributed by atoms with E-state index in [0.717, 1.165) is 31.1 Å². The van der Waals surface area contributed by atoms with Crippen LogP contribution in [0.15, 0.2) is 11.6 Å². The Hall–Kier alpha value is -0.630. The third kappa shape index (κ3) is 2.18. The number of aliphatic hydroxyl groups is 1. The van der Waals surface area contributed by atoms with Crippen LogP contribution in [0.1, 0.15) is 32.6 Å². The van der Waals surface area contributed by atoms with Crippen molar-refractivity contribution in [3.63, 3.8) is 0 Å². The average molecular weight is 168 g/mol. The predicted molar refractivity (Wildman–Crippen MR) is 47.8 cm³/mol. The van der Waals surface area contributed by atoms with E-state index in [-0.39, 0.29) is 12.0 Å². The van der Waals surface area contributed by atoms with Gasteiger partial charge in [-0.15, -0.1) is 0 Å². The van der Waals surface area contributed by atoms with Crippen molar-refractivity contribution in [1.29, 1.82) is 0 Å². The second kappa shape index (κ2) is 4.41. The molecule has 1 fully saturated rings. The highest BCUT2D eigenvalue weighted by atomic mass is 16.3. The smallest absolute Gasteiger partial charge is 0.142 e. The molecule has 0 aromatic heterocycles. The van der Waals surface area contributed by atoms with Crippen molar-refractivity contribution in [3.05, 3.63) is 11.6 Å². The molecule has 1 rings (SSSR count). The van der Waals surface area contributed by atoms with Crippen LogP contribution in [0.5, 0.6) is 0 Å². The molecule has 0 amide bonds. The van der Waals surface area contributed by atoms with Gasteiger partial charge in [0, 0.05) is 5.92 Å². The van der Waals surface area contributed by atoms with Crippen LogP contribution >= 0.6 is 0 Å². The Balaban J connectivity index is 2.58. The quantitative estimate of drug-likeness (QED) is 0.503. The SMILES string of the molecule is C/C(=C\C=O)C1CCCCC1O. The number of hydrogen-bond acceptors (Lipinski definition) is 2. The van der Waals surface area contributed by atoms with E-state index in [9.17, 15) is 9.90 Å². The van der Waals surface area contributed by atoms with Crippen LogP contribution in [-0.4, -0.2) is 17.5 Å². The summed E-state index contributed by atoms with van der Waals surface area (Å²) in [5, 5.41) is 9.61. The van der Waals surface area contributed by atoms with Crippen molar-refractivity contribution in [2.45, 2.75) is 38.7 Å². The molecule has 0 aromatic carbocycles. The fourth-order valence-electron chi connectivity index (χ4n) is 1.87. The van der Waals surface area contributed by atoms with Gasteiger partial charge < -0.3 is 5.11 Å². The lowest BCUT2D eigenvalue weighted by Gasteiger charge is -2.27. The van der Waals surface area contributed by atoms with Crippen LogP contribution in [0.3, 0.4) is 0 Å². The zero-order valence-electron chi connectivity index (χ0n) is 7.49. The predicted octanol–water partition coefficient (Wildman–Crippen LogP) is 1.68. The van der Waals surface area contributed by atoms with Crippen molar-refractivity contribution >= 4 is 6.29 Å². The molecule has 2 nitrogen and oxygen atoms in total. The Morgan fingerprint density at radius 1 is 1.42 bits per heavy atom. The van der Waals surface area contributed by atoms with Crippen molar-refractivity contribution in [3.8, 4) is 0 Å². The van der Waals surface area contributed by atoms with Gasteiger partial charge in [0.25, 0.3) is 0 Å². The monoisotopic (exact) mass is 168 g/mol. The van der Waals surface area contributed by atoms with Gasteiger partial charge in [-0.05, 0) is 25.8 Å². The first kappa shape index (κ1) is 9.46. The number of aliphatic hydroxyl groups excluding tert-OH is 1. The van der Waals surface area contributed by atoms with Crippen LogP contribution in [0.25, 0.3) is 0 Å². The van der Waals surface area contributed by atoms with Gasteiger partial charge in [-0.25, -0.2) is 0 Å². The molecule has 0 bridgehead atoms. The highest BCUT2D eigenvalue weighted by molar-refractivity contribution is 5.66. The summed E-state index contributed by atoms with van der Waals surface area (Å²) in [6.07, 6.45) is 6.34. The van der Waals surface area contributed by atoms with Crippen LogP contribution in [0, 0.1) is 5.92 Å². The van der Waals surface area contributed by atoms with Crippen molar-refractivity contribution in [1.82, 2.24) is 0 Å². The molecule has 12 heavy (non-hydrogen) atoms. The summed E-state index contributed by atoms with van der Waals surface area (Å²) < 4.78 is 0. The molecule has 0 heterocycles. The maximum atomic E-state index is 10.2. The number of aldehydes is 1. The van der Waals surface area contributed by atoms with E-state index >= 15 is 0 Å². The van der Waals surface area contributed by atoms with Gasteiger partial charge in [0.1, 0.15) is 6.29 Å². The van der Waals surface area contributed by atoms with Crippen molar-refractivity contribution < 1.29 is 9.90 Å². The van der Waals surface area contributed by atoms with Crippen LogP contribution in [-0.2, 0) is 4.79 Å². The maximum Gasteiger partial charge on any atom is 0.142 e. The first-order chi connectivity index (χ1) is 5.75. The number of carbonyl (C=O) groups is 1. The van der Waals surface area contributed by atoms with E-state index in [2.05, 4.69) is 0 Å². The Morgan fingerprint density at radius 2 is 2.08 bits per heavy atom. The molecule has 0 aliphatic heterocycles. The van der Waals surface area contributed by atoms with E-state index in [0.29, 0.717) is 0 Å². The second-order valence-electron chi connectivity index (χ2n) is 3.51. The number of allylic oxidation sites excluding steroid dienone is 1. The van der Waals surface area contributed by atoms with E-state index < -0.39 is 0 Å². The summed E-state index contributed by atoms with van der Waals surface area (Å²) in [7, 11) is 0. The molecule has 0 spiro atoms. The van der Waals surface area contributed by atoms with Crippen LogP contribution < -0.4 is 0 Å². The zero-order valence-corrected chi connectivity index (χ0v) is 7.49. The highest BCUT2D eigenvalue weighted by Gasteiger charge is 2.23. The molecule has 0 radical (unpaired) electrons. The summed E-state index contributed by atoms with van der Waals surface area (Å²) in [5.41, 5.74) is 1.03. The molecule has 1 N–H and O–H groups in total. The maximum absolute atomic E-state index is 10.2. The summed E-state index contributed by atoms with van der Waals surface area (Å²) in [4.78, 5) is 10.2. The molecular weight excluding hydrogens is 152 g/mol. The molecule has 68 valence electrons. The Bertz CT molecular complexity index is 184. The minimum atomic E-state index is -0.227. The third-order valence-corrected chi connectivity index (χ3v) is 2.65. The van der Waals surface area contributed by atoms with Gasteiger partial charge >= 0.3 is 0 Å². The van der Waals surface area contributed by atoms with Gasteiger partial charge in [0.05, 0.1) is 6.10 Å². The fourth-order valence-corrected chi connectivity index (χ4v) is 1.87. The lowest BCUT2D eigenvalue weighted by Crippen LogP contribution is -2.25. The number of rotatable bonds is 2. The van der Waals surface area contributed by atoms with E-state index in [1.165, 1.54) is 6.42 Å². The molecule has 0 saturated heterocycles. The normalized spacial score (nSPS) is 31.7. The summed E-state index contributed by atoms with van der Waals surface area (Å²) in [6, 6.07) is 0. The number of hydrogen-bond donors (Lipinski definition) is 1. The standard InChI is InChI=1S/C10H16O2/c1-8(6-7-11)9-4-2-3-5-10(9)12/h6-7,9-10,12H,2-5H2,1H3/b8-6+. The van der Waals surface area contributed by atoms with Crippen molar-refractivity contribution in [2.24, 2.45) is 5.92 Å². The van der Waals surface area contributed by atoms with Gasteiger partial charge in [0.2, 0.25) is 0 Å². The summed E-state index contributed by atoms with van der Waals surface area (Å²) in [6.45, 7) is 1.92. The molecule has 2 unspecified atom stereocenters. The first-order valence-electron chi connectivity index (χ1n) is 4.55. The molecule has 2 atom stereocenters. The van der Waals surface area contributed by atoms with Gasteiger partial charge in [-0.3, -0.25) is 4.79 Å². The van der Waals surface area contributed by atoms with Gasteiger partial charge in [0.15, 0.2) is 0 Å². The molecule has 1 aliphatic carbocycles. The van der Waals surface area contributed by atoms with Crippen molar-refractivity contribution in [2.75, 3.05) is 0 Å². The first-order valence-corrected chi connectivity index (χ1v) is 4.55. The Kier molecular flexibility index (Phi) is 3.48. The third-order valence-electron chi connectivity index (χ3n) is 2.65. The minimum Gasteiger partial charge on any atom is -0.393 e. The van der Waals surface area contributed by atoms with E-state index in [1.807, 2.05) is 6.92 Å². The fraction of sp³-hybridized carbons (Fsp3) is 0.700. The molecule has 2 heteroatoms. The number of carbonyl (C=O) groups excluding carboxylic acids is 1. The van der Waals surface area contributed by atoms with Crippen LogP contribution in [0.2, 0.25) is 0 Å². The van der Waals surface area contributed by atoms with E-state index in [1.54, 1.807) is 6.08 Å². The summed E-state index contributed by atoms with van der Waals surface area (Å²) in [5.74, 6) is 0.226.